The number of ketones is 1. The van der Waals surface area contributed by atoms with E-state index in [0.29, 0.717) is 23.4 Å². The van der Waals surface area contributed by atoms with E-state index < -0.39 is 6.10 Å². The van der Waals surface area contributed by atoms with Crippen LogP contribution in [0, 0.1) is 23.2 Å². The van der Waals surface area contributed by atoms with Crippen LogP contribution in [0.15, 0.2) is 24.5 Å². The maximum atomic E-state index is 11.9. The minimum Gasteiger partial charge on any atom is -0.386 e. The highest BCUT2D eigenvalue weighted by molar-refractivity contribution is 5.92. The van der Waals surface area contributed by atoms with Crippen molar-refractivity contribution in [1.82, 2.24) is 9.97 Å². The largest absolute Gasteiger partial charge is 0.386 e. The lowest BCUT2D eigenvalue weighted by Crippen LogP contribution is -2.41. The van der Waals surface area contributed by atoms with Gasteiger partial charge in [0.15, 0.2) is 5.78 Å². The van der Waals surface area contributed by atoms with Gasteiger partial charge in [-0.1, -0.05) is 6.92 Å². The second-order valence-corrected chi connectivity index (χ2v) is 6.96. The van der Waals surface area contributed by atoms with Crippen LogP contribution in [-0.4, -0.2) is 40.1 Å². The number of aliphatic hydroxyl groups excluding tert-OH is 1. The third-order valence-corrected chi connectivity index (χ3v) is 4.77. The summed E-state index contributed by atoms with van der Waals surface area (Å²) in [7, 11) is 0. The fraction of sp³-hybridized carbons (Fsp3) is 0.474. The monoisotopic (exact) mass is 338 g/mol. The van der Waals surface area contributed by atoms with Crippen LogP contribution in [0.25, 0.3) is 11.0 Å². The van der Waals surface area contributed by atoms with E-state index in [9.17, 15) is 15.2 Å². The van der Waals surface area contributed by atoms with Gasteiger partial charge in [-0.15, -0.1) is 0 Å². The van der Waals surface area contributed by atoms with E-state index in [2.05, 4.69) is 27.9 Å². The number of Topliss-reactive ketones (excluding diaryl/α,β-unsaturated/α-hetero) is 1. The lowest BCUT2D eigenvalue weighted by Gasteiger charge is -2.38. The van der Waals surface area contributed by atoms with Gasteiger partial charge in [0.2, 0.25) is 0 Å². The molecular formula is C19H22N4O2. The first-order valence-corrected chi connectivity index (χ1v) is 8.59. The minimum absolute atomic E-state index is 0.108. The number of hydrogen-bond acceptors (Lipinski definition) is 6. The molecule has 0 saturated carbocycles. The molecule has 3 rings (SSSR count). The number of nitriles is 1. The molecule has 1 N–H and O–H groups in total. The van der Waals surface area contributed by atoms with Crippen LogP contribution in [-0.2, 0) is 4.79 Å². The van der Waals surface area contributed by atoms with Crippen LogP contribution in [0.3, 0.4) is 0 Å². The number of carbonyl (C=O) groups is 1. The van der Waals surface area contributed by atoms with Crippen molar-refractivity contribution in [3.05, 3.63) is 30.1 Å². The second kappa shape index (κ2) is 7.16. The number of benzene rings is 1. The number of hydrogen-bond donors (Lipinski definition) is 1. The van der Waals surface area contributed by atoms with E-state index in [4.69, 9.17) is 0 Å². The Morgan fingerprint density at radius 2 is 2.08 bits per heavy atom. The SMILES string of the molecule is CC(O)C(=O)C[C@@H]1C[C@H](C)CN(c2ccc(C#N)c3nccnc23)C1. The van der Waals surface area contributed by atoms with E-state index in [0.717, 1.165) is 30.7 Å². The third-order valence-electron chi connectivity index (χ3n) is 4.77. The smallest absolute Gasteiger partial charge is 0.161 e. The average Bonchev–Trinajstić information content (AvgIpc) is 2.60. The maximum absolute atomic E-state index is 11.9. The highest BCUT2D eigenvalue weighted by Gasteiger charge is 2.28. The van der Waals surface area contributed by atoms with Gasteiger partial charge in [-0.3, -0.25) is 14.8 Å². The van der Waals surface area contributed by atoms with Crippen LogP contribution in [0.2, 0.25) is 0 Å². The molecule has 2 aromatic rings. The second-order valence-electron chi connectivity index (χ2n) is 6.96. The number of nitrogens with zero attached hydrogens (tertiary/aromatic N) is 4. The molecular weight excluding hydrogens is 316 g/mol. The fourth-order valence-electron chi connectivity index (χ4n) is 3.67. The summed E-state index contributed by atoms with van der Waals surface area (Å²) in [6.07, 6.45) is 3.67. The van der Waals surface area contributed by atoms with Crippen molar-refractivity contribution in [3.63, 3.8) is 0 Å². The van der Waals surface area contributed by atoms with Crippen molar-refractivity contribution in [2.45, 2.75) is 32.8 Å². The highest BCUT2D eigenvalue weighted by atomic mass is 16.3. The van der Waals surface area contributed by atoms with Crippen molar-refractivity contribution >= 4 is 22.5 Å². The molecule has 1 aliphatic rings. The van der Waals surface area contributed by atoms with Gasteiger partial charge in [0.05, 0.1) is 11.3 Å². The Balaban J connectivity index is 1.92. The zero-order valence-electron chi connectivity index (χ0n) is 14.5. The molecule has 2 heterocycles. The molecule has 1 unspecified atom stereocenters. The first-order chi connectivity index (χ1) is 12.0. The summed E-state index contributed by atoms with van der Waals surface area (Å²) in [5.41, 5.74) is 2.79. The van der Waals surface area contributed by atoms with Crippen molar-refractivity contribution in [2.24, 2.45) is 11.8 Å². The van der Waals surface area contributed by atoms with E-state index in [1.54, 1.807) is 18.5 Å². The fourth-order valence-corrected chi connectivity index (χ4v) is 3.67. The molecule has 0 spiro atoms. The summed E-state index contributed by atoms with van der Waals surface area (Å²) in [5.74, 6) is 0.527. The molecule has 0 bridgehead atoms. The lowest BCUT2D eigenvalue weighted by atomic mass is 9.86. The van der Waals surface area contributed by atoms with Gasteiger partial charge in [-0.25, -0.2) is 0 Å². The average molecular weight is 338 g/mol. The molecule has 1 fully saturated rings. The zero-order chi connectivity index (χ0) is 18.0. The summed E-state index contributed by atoms with van der Waals surface area (Å²) in [5, 5.41) is 18.8. The molecule has 1 saturated heterocycles. The predicted octanol–water partition coefficient (Wildman–Crippen LogP) is 2.30. The Labute approximate surface area is 147 Å². The molecule has 3 atom stereocenters. The number of piperidine rings is 1. The van der Waals surface area contributed by atoms with Crippen LogP contribution >= 0.6 is 0 Å². The Hall–Kier alpha value is -2.52. The molecule has 0 aliphatic carbocycles. The van der Waals surface area contributed by atoms with Gasteiger partial charge in [-0.2, -0.15) is 5.26 Å². The van der Waals surface area contributed by atoms with Gasteiger partial charge in [-0.05, 0) is 37.3 Å². The van der Waals surface area contributed by atoms with E-state index in [-0.39, 0.29) is 11.7 Å². The topological polar surface area (TPSA) is 90.1 Å². The number of carbonyl (C=O) groups excluding carboxylic acids is 1. The number of aliphatic hydroxyl groups is 1. The molecule has 0 amide bonds. The quantitative estimate of drug-likeness (QED) is 0.920. The van der Waals surface area contributed by atoms with Gasteiger partial charge in [0.1, 0.15) is 23.2 Å². The maximum Gasteiger partial charge on any atom is 0.161 e. The van der Waals surface area contributed by atoms with E-state index in [1.807, 2.05) is 6.07 Å². The highest BCUT2D eigenvalue weighted by Crippen LogP contribution is 2.32. The van der Waals surface area contributed by atoms with Crippen molar-refractivity contribution in [2.75, 3.05) is 18.0 Å². The minimum atomic E-state index is -0.910. The Morgan fingerprint density at radius 1 is 1.36 bits per heavy atom. The van der Waals surface area contributed by atoms with Gasteiger partial charge < -0.3 is 10.0 Å². The number of aromatic nitrogens is 2. The van der Waals surface area contributed by atoms with Crippen molar-refractivity contribution in [3.8, 4) is 6.07 Å². The summed E-state index contributed by atoms with van der Waals surface area (Å²) < 4.78 is 0. The summed E-state index contributed by atoms with van der Waals surface area (Å²) >= 11 is 0. The normalized spacial score (nSPS) is 21.8. The summed E-state index contributed by atoms with van der Waals surface area (Å²) in [6, 6.07) is 5.86. The Bertz CT molecular complexity index is 828. The van der Waals surface area contributed by atoms with Crippen molar-refractivity contribution in [1.29, 1.82) is 5.26 Å². The zero-order valence-corrected chi connectivity index (χ0v) is 14.5. The molecule has 6 heteroatoms. The summed E-state index contributed by atoms with van der Waals surface area (Å²) in [6.45, 7) is 5.30. The van der Waals surface area contributed by atoms with Gasteiger partial charge >= 0.3 is 0 Å². The number of fused-ring (bicyclic) bond motifs is 1. The Morgan fingerprint density at radius 3 is 2.76 bits per heavy atom. The van der Waals surface area contributed by atoms with Crippen LogP contribution in [0.5, 0.6) is 0 Å². The molecule has 1 aromatic heterocycles. The molecule has 25 heavy (non-hydrogen) atoms. The third kappa shape index (κ3) is 3.62. The van der Waals surface area contributed by atoms with Crippen LogP contribution < -0.4 is 4.90 Å². The van der Waals surface area contributed by atoms with Crippen molar-refractivity contribution < 1.29 is 9.90 Å². The lowest BCUT2D eigenvalue weighted by molar-refractivity contribution is -0.127. The Kier molecular flexibility index (Phi) is 4.95. The van der Waals surface area contributed by atoms with Crippen LogP contribution in [0.4, 0.5) is 5.69 Å². The number of rotatable bonds is 4. The molecule has 0 radical (unpaired) electrons. The first-order valence-electron chi connectivity index (χ1n) is 8.59. The first kappa shape index (κ1) is 17.3. The van der Waals surface area contributed by atoms with E-state index in [1.165, 1.54) is 6.92 Å². The molecule has 130 valence electrons. The standard InChI is InChI=1S/C19H22N4O2/c1-12-7-14(8-17(25)13(2)24)11-23(10-12)16-4-3-15(9-20)18-19(16)22-6-5-21-18/h3-6,12-14,24H,7-8,10-11H2,1-2H3/t12-,13?,14-/m0/s1. The molecule has 6 nitrogen and oxygen atoms in total. The van der Waals surface area contributed by atoms with Crippen LogP contribution in [0.1, 0.15) is 32.3 Å². The molecule has 1 aromatic carbocycles. The predicted molar refractivity (Wildman–Crippen MR) is 95.0 cm³/mol. The molecule has 1 aliphatic heterocycles. The summed E-state index contributed by atoms with van der Waals surface area (Å²) in [4.78, 5) is 22.9. The van der Waals surface area contributed by atoms with Gasteiger partial charge in [0.25, 0.3) is 0 Å². The van der Waals surface area contributed by atoms with E-state index >= 15 is 0 Å². The van der Waals surface area contributed by atoms with Gasteiger partial charge in [0, 0.05) is 31.9 Å². The number of anilines is 1.